The van der Waals surface area contributed by atoms with Gasteiger partial charge in [0, 0.05) is 24.9 Å². The molecule has 0 unspecified atom stereocenters. The first-order chi connectivity index (χ1) is 7.72. The number of hydrogen-bond acceptors (Lipinski definition) is 2. The molecule has 16 heavy (non-hydrogen) atoms. The quantitative estimate of drug-likeness (QED) is 0.548. The molecule has 1 amide bonds. The summed E-state index contributed by atoms with van der Waals surface area (Å²) >= 11 is 0. The van der Waals surface area contributed by atoms with Gasteiger partial charge in [-0.2, -0.15) is 0 Å². The molecule has 90 valence electrons. The third kappa shape index (κ3) is 5.18. The van der Waals surface area contributed by atoms with Gasteiger partial charge in [-0.25, -0.2) is 0 Å². The van der Waals surface area contributed by atoms with Crippen molar-refractivity contribution in [3.8, 4) is 12.3 Å². The van der Waals surface area contributed by atoms with Gasteiger partial charge in [-0.05, 0) is 38.5 Å². The Morgan fingerprint density at radius 2 is 2.00 bits per heavy atom. The van der Waals surface area contributed by atoms with Crippen molar-refractivity contribution in [1.82, 2.24) is 5.32 Å². The van der Waals surface area contributed by atoms with Gasteiger partial charge >= 0.3 is 0 Å². The van der Waals surface area contributed by atoms with E-state index in [1.807, 2.05) is 0 Å². The average Bonchev–Trinajstić information content (AvgIpc) is 2.28. The summed E-state index contributed by atoms with van der Waals surface area (Å²) in [5, 5.41) is 3.07. The first-order valence-electron chi connectivity index (χ1n) is 6.20. The zero-order chi connectivity index (χ0) is 11.8. The second-order valence-electron chi connectivity index (χ2n) is 4.59. The molecule has 1 rings (SSSR count). The van der Waals surface area contributed by atoms with Gasteiger partial charge in [0.1, 0.15) is 0 Å². The molecule has 0 aliphatic heterocycles. The molecule has 3 N–H and O–H groups in total. The van der Waals surface area contributed by atoms with Crippen molar-refractivity contribution in [2.75, 3.05) is 0 Å². The van der Waals surface area contributed by atoms with Crippen molar-refractivity contribution in [3.63, 3.8) is 0 Å². The predicted molar refractivity (Wildman–Crippen MR) is 65.7 cm³/mol. The van der Waals surface area contributed by atoms with Gasteiger partial charge in [-0.1, -0.05) is 0 Å². The van der Waals surface area contributed by atoms with E-state index in [0.717, 1.165) is 44.9 Å². The molecule has 3 heteroatoms. The molecule has 1 aliphatic carbocycles. The summed E-state index contributed by atoms with van der Waals surface area (Å²) < 4.78 is 0. The van der Waals surface area contributed by atoms with Crippen LogP contribution in [-0.2, 0) is 4.79 Å². The summed E-state index contributed by atoms with van der Waals surface area (Å²) in [5.41, 5.74) is 5.81. The fraction of sp³-hybridized carbons (Fsp3) is 0.769. The van der Waals surface area contributed by atoms with Crippen LogP contribution in [0.2, 0.25) is 0 Å². The Balaban J connectivity index is 2.07. The summed E-state index contributed by atoms with van der Waals surface area (Å²) in [6.45, 7) is 0. The Morgan fingerprint density at radius 3 is 2.62 bits per heavy atom. The minimum absolute atomic E-state index is 0.164. The lowest BCUT2D eigenvalue weighted by Gasteiger charge is -2.26. The number of terminal acetylenes is 1. The van der Waals surface area contributed by atoms with Crippen molar-refractivity contribution in [2.24, 2.45) is 5.73 Å². The summed E-state index contributed by atoms with van der Waals surface area (Å²) in [6, 6.07) is 0.684. The maximum absolute atomic E-state index is 11.6. The predicted octanol–water partition coefficient (Wildman–Crippen LogP) is 1.57. The highest BCUT2D eigenvalue weighted by Crippen LogP contribution is 2.17. The Morgan fingerprint density at radius 1 is 1.31 bits per heavy atom. The molecule has 1 saturated carbocycles. The lowest BCUT2D eigenvalue weighted by Crippen LogP contribution is -2.40. The topological polar surface area (TPSA) is 55.1 Å². The summed E-state index contributed by atoms with van der Waals surface area (Å²) in [5.74, 6) is 2.75. The smallest absolute Gasteiger partial charge is 0.220 e. The normalized spacial score (nSPS) is 24.8. The van der Waals surface area contributed by atoms with Crippen LogP contribution in [-0.4, -0.2) is 18.0 Å². The number of rotatable bonds is 5. The van der Waals surface area contributed by atoms with Crippen LogP contribution in [0.15, 0.2) is 0 Å². The minimum atomic E-state index is 0.164. The van der Waals surface area contributed by atoms with Crippen LogP contribution in [0.4, 0.5) is 0 Å². The Bertz CT molecular complexity index is 249. The molecular weight excluding hydrogens is 200 g/mol. The molecule has 0 bridgehead atoms. The van der Waals surface area contributed by atoms with E-state index in [1.165, 1.54) is 0 Å². The molecule has 1 aliphatic rings. The van der Waals surface area contributed by atoms with Gasteiger partial charge in [0.25, 0.3) is 0 Å². The molecule has 0 aromatic rings. The number of unbranched alkanes of at least 4 members (excludes halogenated alkanes) is 2. The second-order valence-corrected chi connectivity index (χ2v) is 4.59. The Hall–Kier alpha value is -1.01. The van der Waals surface area contributed by atoms with Crippen molar-refractivity contribution in [1.29, 1.82) is 0 Å². The van der Waals surface area contributed by atoms with Crippen LogP contribution in [0.1, 0.15) is 51.4 Å². The summed E-state index contributed by atoms with van der Waals surface area (Å²) in [4.78, 5) is 11.6. The largest absolute Gasteiger partial charge is 0.353 e. The zero-order valence-electron chi connectivity index (χ0n) is 9.87. The maximum Gasteiger partial charge on any atom is 0.220 e. The van der Waals surface area contributed by atoms with Gasteiger partial charge in [-0.15, -0.1) is 12.3 Å². The fourth-order valence-electron chi connectivity index (χ4n) is 2.08. The number of nitrogens with two attached hydrogens (primary N) is 1. The Kier molecular flexibility index (Phi) is 5.95. The first-order valence-corrected chi connectivity index (χ1v) is 6.20. The molecule has 0 spiro atoms. The van der Waals surface area contributed by atoms with E-state index in [0.29, 0.717) is 18.5 Å². The van der Waals surface area contributed by atoms with E-state index in [2.05, 4.69) is 11.2 Å². The second kappa shape index (κ2) is 7.29. The minimum Gasteiger partial charge on any atom is -0.353 e. The lowest BCUT2D eigenvalue weighted by molar-refractivity contribution is -0.122. The zero-order valence-corrected chi connectivity index (χ0v) is 9.87. The van der Waals surface area contributed by atoms with E-state index in [1.54, 1.807) is 0 Å². The number of nitrogens with one attached hydrogen (secondary N) is 1. The SMILES string of the molecule is C#CCCCCC(=O)NC1CCC(N)CC1. The van der Waals surface area contributed by atoms with E-state index < -0.39 is 0 Å². The van der Waals surface area contributed by atoms with Crippen molar-refractivity contribution in [2.45, 2.75) is 63.5 Å². The van der Waals surface area contributed by atoms with Crippen molar-refractivity contribution >= 4 is 5.91 Å². The van der Waals surface area contributed by atoms with Gasteiger partial charge in [0.05, 0.1) is 0 Å². The van der Waals surface area contributed by atoms with Crippen LogP contribution < -0.4 is 11.1 Å². The third-order valence-corrected chi connectivity index (χ3v) is 3.11. The molecule has 0 radical (unpaired) electrons. The molecule has 0 saturated heterocycles. The standard InChI is InChI=1S/C13H22N2O/c1-2-3-4-5-6-13(16)15-12-9-7-11(14)8-10-12/h1,11-12H,3-10,14H2,(H,15,16). The van der Waals surface area contributed by atoms with Crippen LogP contribution in [0.3, 0.4) is 0 Å². The van der Waals surface area contributed by atoms with Crippen LogP contribution in [0, 0.1) is 12.3 Å². The van der Waals surface area contributed by atoms with E-state index in [-0.39, 0.29) is 5.91 Å². The van der Waals surface area contributed by atoms with Crippen molar-refractivity contribution < 1.29 is 4.79 Å². The fourth-order valence-corrected chi connectivity index (χ4v) is 2.08. The maximum atomic E-state index is 11.6. The van der Waals surface area contributed by atoms with Gasteiger partial charge in [0.2, 0.25) is 5.91 Å². The highest BCUT2D eigenvalue weighted by atomic mass is 16.1. The monoisotopic (exact) mass is 222 g/mol. The molecule has 0 aromatic heterocycles. The molecule has 0 heterocycles. The van der Waals surface area contributed by atoms with E-state index in [9.17, 15) is 4.79 Å². The molecule has 0 aromatic carbocycles. The molecule has 0 atom stereocenters. The van der Waals surface area contributed by atoms with Crippen LogP contribution in [0.5, 0.6) is 0 Å². The number of amides is 1. The van der Waals surface area contributed by atoms with Crippen LogP contribution in [0.25, 0.3) is 0 Å². The van der Waals surface area contributed by atoms with Crippen LogP contribution >= 0.6 is 0 Å². The molecule has 1 fully saturated rings. The lowest BCUT2D eigenvalue weighted by atomic mass is 9.92. The highest BCUT2D eigenvalue weighted by Gasteiger charge is 2.19. The highest BCUT2D eigenvalue weighted by molar-refractivity contribution is 5.76. The number of carbonyl (C=O) groups is 1. The number of hydrogen-bond donors (Lipinski definition) is 2. The summed E-state index contributed by atoms with van der Waals surface area (Å²) in [7, 11) is 0. The van der Waals surface area contributed by atoms with E-state index >= 15 is 0 Å². The third-order valence-electron chi connectivity index (χ3n) is 3.11. The molecule has 3 nitrogen and oxygen atoms in total. The average molecular weight is 222 g/mol. The van der Waals surface area contributed by atoms with Crippen molar-refractivity contribution in [3.05, 3.63) is 0 Å². The van der Waals surface area contributed by atoms with Gasteiger partial charge < -0.3 is 11.1 Å². The molecular formula is C13H22N2O. The van der Waals surface area contributed by atoms with Gasteiger partial charge in [-0.3, -0.25) is 4.79 Å². The number of carbonyl (C=O) groups excluding carboxylic acids is 1. The van der Waals surface area contributed by atoms with Gasteiger partial charge in [0.15, 0.2) is 0 Å². The first kappa shape index (κ1) is 13.1. The van der Waals surface area contributed by atoms with E-state index in [4.69, 9.17) is 12.2 Å². The summed E-state index contributed by atoms with van der Waals surface area (Å²) in [6.07, 6.45) is 12.5. The Labute approximate surface area is 98.2 Å².